The number of carbonyl (C=O) groups excluding carboxylic acids is 1. The van der Waals surface area contributed by atoms with Gasteiger partial charge in [-0.15, -0.1) is 0 Å². The molecule has 0 aromatic heterocycles. The summed E-state index contributed by atoms with van der Waals surface area (Å²) in [5.41, 5.74) is 1.08. The molecule has 6 nitrogen and oxygen atoms in total. The molecular formula is C21H33N3O3. The van der Waals surface area contributed by atoms with Crippen LogP contribution in [0.1, 0.15) is 31.2 Å². The van der Waals surface area contributed by atoms with Crippen LogP contribution in [0, 0.1) is 5.92 Å². The van der Waals surface area contributed by atoms with Gasteiger partial charge in [0.2, 0.25) is 5.91 Å². The van der Waals surface area contributed by atoms with Gasteiger partial charge in [-0.1, -0.05) is 12.1 Å². The van der Waals surface area contributed by atoms with Gasteiger partial charge in [0, 0.05) is 32.6 Å². The van der Waals surface area contributed by atoms with Gasteiger partial charge < -0.3 is 20.1 Å². The van der Waals surface area contributed by atoms with Gasteiger partial charge in [-0.05, 0) is 56.0 Å². The lowest BCUT2D eigenvalue weighted by molar-refractivity contribution is -0.121. The Labute approximate surface area is 162 Å². The molecule has 2 heterocycles. The first-order chi connectivity index (χ1) is 13.3. The Morgan fingerprint density at radius 1 is 1.26 bits per heavy atom. The van der Waals surface area contributed by atoms with Gasteiger partial charge in [-0.25, -0.2) is 0 Å². The largest absolute Gasteiger partial charge is 0.492 e. The molecule has 1 aromatic rings. The lowest BCUT2D eigenvalue weighted by atomic mass is 9.93. The molecule has 0 atom stereocenters. The molecule has 2 aliphatic rings. The lowest BCUT2D eigenvalue weighted by Crippen LogP contribution is -2.38. The molecule has 3 rings (SSSR count). The van der Waals surface area contributed by atoms with Crippen LogP contribution in [-0.2, 0) is 16.1 Å². The van der Waals surface area contributed by atoms with Crippen LogP contribution in [0.2, 0.25) is 0 Å². The van der Waals surface area contributed by atoms with E-state index in [0.717, 1.165) is 63.7 Å². The lowest BCUT2D eigenvalue weighted by Gasteiger charge is -2.26. The molecule has 6 heteroatoms. The fourth-order valence-electron chi connectivity index (χ4n) is 3.66. The molecule has 2 N–H and O–H groups in total. The third-order valence-corrected chi connectivity index (χ3v) is 5.41. The first-order valence-electron chi connectivity index (χ1n) is 10.3. The van der Waals surface area contributed by atoms with Crippen molar-refractivity contribution in [3.05, 3.63) is 29.8 Å². The van der Waals surface area contributed by atoms with E-state index >= 15 is 0 Å². The SMILES string of the molecule is O=C(CCC1CCNCC1)NCc1cccc(OCCN2CCOCC2)c1. The van der Waals surface area contributed by atoms with E-state index in [1.54, 1.807) is 0 Å². The van der Waals surface area contributed by atoms with Crippen LogP contribution in [0.4, 0.5) is 0 Å². The van der Waals surface area contributed by atoms with Gasteiger partial charge in [0.05, 0.1) is 13.2 Å². The Hall–Kier alpha value is -1.63. The van der Waals surface area contributed by atoms with Crippen LogP contribution < -0.4 is 15.4 Å². The fourth-order valence-corrected chi connectivity index (χ4v) is 3.66. The van der Waals surface area contributed by atoms with Crippen LogP contribution in [0.25, 0.3) is 0 Å². The number of nitrogens with zero attached hydrogens (tertiary/aromatic N) is 1. The fraction of sp³-hybridized carbons (Fsp3) is 0.667. The molecule has 2 aliphatic heterocycles. The van der Waals surface area contributed by atoms with E-state index in [1.807, 2.05) is 24.3 Å². The number of piperidine rings is 1. The van der Waals surface area contributed by atoms with Crippen molar-refractivity contribution < 1.29 is 14.3 Å². The van der Waals surface area contributed by atoms with E-state index in [4.69, 9.17) is 9.47 Å². The maximum absolute atomic E-state index is 12.1. The minimum Gasteiger partial charge on any atom is -0.492 e. The predicted molar refractivity (Wildman–Crippen MR) is 106 cm³/mol. The summed E-state index contributed by atoms with van der Waals surface area (Å²) >= 11 is 0. The number of hydrogen-bond acceptors (Lipinski definition) is 5. The number of nitrogens with one attached hydrogen (secondary N) is 2. The van der Waals surface area contributed by atoms with E-state index in [9.17, 15) is 4.79 Å². The smallest absolute Gasteiger partial charge is 0.220 e. The highest BCUT2D eigenvalue weighted by Gasteiger charge is 2.14. The van der Waals surface area contributed by atoms with E-state index in [0.29, 0.717) is 25.5 Å². The van der Waals surface area contributed by atoms with Gasteiger partial charge in [0.25, 0.3) is 0 Å². The van der Waals surface area contributed by atoms with Crippen LogP contribution in [0.5, 0.6) is 5.75 Å². The zero-order chi connectivity index (χ0) is 18.7. The summed E-state index contributed by atoms with van der Waals surface area (Å²) in [6.45, 7) is 7.91. The second kappa shape index (κ2) is 11.3. The summed E-state index contributed by atoms with van der Waals surface area (Å²) in [5, 5.41) is 6.41. The zero-order valence-corrected chi connectivity index (χ0v) is 16.3. The van der Waals surface area contributed by atoms with Crippen molar-refractivity contribution in [2.24, 2.45) is 5.92 Å². The normalized spacial score (nSPS) is 19.0. The number of hydrogen-bond donors (Lipinski definition) is 2. The Kier molecular flexibility index (Phi) is 8.39. The maximum Gasteiger partial charge on any atom is 0.220 e. The Morgan fingerprint density at radius 3 is 2.89 bits per heavy atom. The van der Waals surface area contributed by atoms with Crippen LogP contribution in [0.3, 0.4) is 0 Å². The van der Waals surface area contributed by atoms with Crippen molar-refractivity contribution in [3.63, 3.8) is 0 Å². The average molecular weight is 376 g/mol. The van der Waals surface area contributed by atoms with Crippen molar-refractivity contribution in [1.82, 2.24) is 15.5 Å². The molecule has 0 bridgehead atoms. The molecule has 27 heavy (non-hydrogen) atoms. The quantitative estimate of drug-likeness (QED) is 0.689. The van der Waals surface area contributed by atoms with Crippen molar-refractivity contribution in [3.8, 4) is 5.75 Å². The predicted octanol–water partition coefficient (Wildman–Crippen LogP) is 1.79. The van der Waals surface area contributed by atoms with Crippen LogP contribution in [-0.4, -0.2) is 63.4 Å². The molecule has 2 fully saturated rings. The molecule has 1 aromatic carbocycles. The monoisotopic (exact) mass is 375 g/mol. The van der Waals surface area contributed by atoms with Crippen molar-refractivity contribution in [2.75, 3.05) is 52.5 Å². The van der Waals surface area contributed by atoms with Crippen molar-refractivity contribution in [2.45, 2.75) is 32.2 Å². The second-order valence-electron chi connectivity index (χ2n) is 7.46. The Bertz CT molecular complexity index is 570. The van der Waals surface area contributed by atoms with Gasteiger partial charge in [-0.2, -0.15) is 0 Å². The Balaban J connectivity index is 1.33. The van der Waals surface area contributed by atoms with E-state index in [-0.39, 0.29) is 5.91 Å². The van der Waals surface area contributed by atoms with Crippen molar-refractivity contribution in [1.29, 1.82) is 0 Å². The van der Waals surface area contributed by atoms with Crippen LogP contribution in [0.15, 0.2) is 24.3 Å². The van der Waals surface area contributed by atoms with Crippen molar-refractivity contribution >= 4 is 5.91 Å². The molecule has 2 saturated heterocycles. The second-order valence-corrected chi connectivity index (χ2v) is 7.46. The van der Waals surface area contributed by atoms with E-state index < -0.39 is 0 Å². The van der Waals surface area contributed by atoms with Gasteiger partial charge in [0.15, 0.2) is 0 Å². The van der Waals surface area contributed by atoms with E-state index in [1.165, 1.54) is 12.8 Å². The molecule has 0 spiro atoms. The minimum absolute atomic E-state index is 0.146. The number of amides is 1. The highest BCUT2D eigenvalue weighted by atomic mass is 16.5. The molecule has 1 amide bonds. The third kappa shape index (κ3) is 7.48. The summed E-state index contributed by atoms with van der Waals surface area (Å²) in [7, 11) is 0. The molecular weight excluding hydrogens is 342 g/mol. The zero-order valence-electron chi connectivity index (χ0n) is 16.3. The third-order valence-electron chi connectivity index (χ3n) is 5.41. The maximum atomic E-state index is 12.1. The summed E-state index contributed by atoms with van der Waals surface area (Å²) in [4.78, 5) is 14.5. The number of morpholine rings is 1. The minimum atomic E-state index is 0.146. The van der Waals surface area contributed by atoms with Gasteiger partial charge >= 0.3 is 0 Å². The molecule has 0 unspecified atom stereocenters. The molecule has 0 aliphatic carbocycles. The highest BCUT2D eigenvalue weighted by molar-refractivity contribution is 5.75. The highest BCUT2D eigenvalue weighted by Crippen LogP contribution is 2.18. The molecule has 0 radical (unpaired) electrons. The molecule has 150 valence electrons. The Morgan fingerprint density at radius 2 is 2.07 bits per heavy atom. The topological polar surface area (TPSA) is 62.8 Å². The summed E-state index contributed by atoms with van der Waals surface area (Å²) in [6.07, 6.45) is 4.01. The van der Waals surface area contributed by atoms with Crippen LogP contribution >= 0.6 is 0 Å². The number of benzene rings is 1. The molecule has 0 saturated carbocycles. The standard InChI is InChI=1S/C21H33N3O3/c25-21(5-4-18-6-8-22-9-7-18)23-17-19-2-1-3-20(16-19)27-15-12-24-10-13-26-14-11-24/h1-3,16,18,22H,4-15,17H2,(H,23,25). The summed E-state index contributed by atoms with van der Waals surface area (Å²) in [6, 6.07) is 8.01. The summed E-state index contributed by atoms with van der Waals surface area (Å²) < 4.78 is 11.2. The van der Waals surface area contributed by atoms with E-state index in [2.05, 4.69) is 15.5 Å². The number of rotatable bonds is 9. The van der Waals surface area contributed by atoms with Gasteiger partial charge in [-0.3, -0.25) is 9.69 Å². The first kappa shape index (κ1) is 20.1. The average Bonchev–Trinajstić information content (AvgIpc) is 2.73. The number of carbonyl (C=O) groups is 1. The van der Waals surface area contributed by atoms with Gasteiger partial charge in [0.1, 0.15) is 12.4 Å². The first-order valence-corrected chi connectivity index (χ1v) is 10.3. The summed E-state index contributed by atoms with van der Waals surface area (Å²) in [5.74, 6) is 1.71. The number of ether oxygens (including phenoxy) is 2.